The highest BCUT2D eigenvalue weighted by atomic mass is 19.1. The van der Waals surface area contributed by atoms with E-state index in [9.17, 15) is 4.39 Å². The highest BCUT2D eigenvalue weighted by Gasteiger charge is 2.16. The van der Waals surface area contributed by atoms with E-state index in [1.165, 1.54) is 12.1 Å². The summed E-state index contributed by atoms with van der Waals surface area (Å²) < 4.78 is 24.4. The van der Waals surface area contributed by atoms with E-state index in [1.54, 1.807) is 12.1 Å². The minimum atomic E-state index is -0.237. The molecular formula is C18H21FO2. The normalized spacial score (nSPS) is 11.2. The Bertz CT molecular complexity index is 559. The smallest absolute Gasteiger partial charge is 0.123 e. The molecule has 0 spiro atoms. The summed E-state index contributed by atoms with van der Waals surface area (Å²) in [5.74, 6) is 1.36. The van der Waals surface area contributed by atoms with Gasteiger partial charge in [-0.15, -0.1) is 0 Å². The van der Waals surface area contributed by atoms with Crippen molar-refractivity contribution in [3.8, 4) is 11.5 Å². The molecule has 0 aliphatic heterocycles. The van der Waals surface area contributed by atoms with E-state index in [4.69, 9.17) is 9.47 Å². The quantitative estimate of drug-likeness (QED) is 0.747. The van der Waals surface area contributed by atoms with Crippen LogP contribution in [0, 0.1) is 5.82 Å². The largest absolute Gasteiger partial charge is 0.489 e. The Balaban J connectivity index is 1.92. The van der Waals surface area contributed by atoms with Gasteiger partial charge in [-0.05, 0) is 62.2 Å². The molecule has 0 saturated heterocycles. The molecular weight excluding hydrogens is 267 g/mol. The average molecular weight is 288 g/mol. The summed E-state index contributed by atoms with van der Waals surface area (Å²) in [7, 11) is 0. The van der Waals surface area contributed by atoms with Gasteiger partial charge in [-0.1, -0.05) is 19.1 Å². The molecule has 0 heterocycles. The first kappa shape index (κ1) is 15.4. The van der Waals surface area contributed by atoms with Gasteiger partial charge in [0.05, 0.1) is 0 Å². The van der Waals surface area contributed by atoms with Gasteiger partial charge in [0.2, 0.25) is 0 Å². The van der Waals surface area contributed by atoms with Crippen molar-refractivity contribution in [2.75, 3.05) is 0 Å². The lowest BCUT2D eigenvalue weighted by Gasteiger charge is -2.24. The van der Waals surface area contributed by atoms with Crippen LogP contribution in [0.25, 0.3) is 0 Å². The maximum absolute atomic E-state index is 12.8. The van der Waals surface area contributed by atoms with Gasteiger partial charge in [0.1, 0.15) is 29.5 Å². The molecule has 0 fully saturated rings. The van der Waals surface area contributed by atoms with Crippen LogP contribution in [0.3, 0.4) is 0 Å². The van der Waals surface area contributed by atoms with Crippen molar-refractivity contribution in [3.63, 3.8) is 0 Å². The molecule has 2 rings (SSSR count). The molecule has 0 aliphatic rings. The molecule has 0 saturated carbocycles. The molecule has 21 heavy (non-hydrogen) atoms. The molecule has 0 bridgehead atoms. The van der Waals surface area contributed by atoms with Crippen LogP contribution in [0.15, 0.2) is 48.5 Å². The monoisotopic (exact) mass is 288 g/mol. The van der Waals surface area contributed by atoms with Crippen LogP contribution >= 0.6 is 0 Å². The topological polar surface area (TPSA) is 18.5 Å². The zero-order chi connectivity index (χ0) is 15.3. The van der Waals surface area contributed by atoms with Gasteiger partial charge in [-0.25, -0.2) is 4.39 Å². The highest BCUT2D eigenvalue weighted by molar-refractivity contribution is 5.32. The van der Waals surface area contributed by atoms with Gasteiger partial charge in [0, 0.05) is 0 Å². The van der Waals surface area contributed by atoms with E-state index in [-0.39, 0.29) is 11.4 Å². The van der Waals surface area contributed by atoms with Gasteiger partial charge in [0.15, 0.2) is 0 Å². The molecule has 0 atom stereocenters. The summed E-state index contributed by atoms with van der Waals surface area (Å²) in [6.07, 6.45) is 0.940. The zero-order valence-corrected chi connectivity index (χ0v) is 12.7. The fourth-order valence-electron chi connectivity index (χ4n) is 1.74. The average Bonchev–Trinajstić information content (AvgIpc) is 2.48. The first-order valence-corrected chi connectivity index (χ1v) is 7.15. The highest BCUT2D eigenvalue weighted by Crippen LogP contribution is 2.23. The van der Waals surface area contributed by atoms with E-state index in [1.807, 2.05) is 24.3 Å². The maximum atomic E-state index is 12.8. The summed E-state index contributed by atoms with van der Waals surface area (Å²) in [5, 5.41) is 0. The summed E-state index contributed by atoms with van der Waals surface area (Å²) in [6.45, 7) is 6.64. The molecule has 112 valence electrons. The minimum Gasteiger partial charge on any atom is -0.489 e. The molecule has 0 unspecified atom stereocenters. The lowest BCUT2D eigenvalue weighted by molar-refractivity contribution is 0.105. The van der Waals surface area contributed by atoms with Crippen molar-refractivity contribution in [3.05, 3.63) is 59.9 Å². The van der Waals surface area contributed by atoms with Crippen molar-refractivity contribution < 1.29 is 13.9 Å². The Morgan fingerprint density at radius 3 is 2.05 bits per heavy atom. The second kappa shape index (κ2) is 6.61. The third-order valence-corrected chi connectivity index (χ3v) is 3.39. The summed E-state index contributed by atoms with van der Waals surface area (Å²) >= 11 is 0. The van der Waals surface area contributed by atoms with Crippen LogP contribution < -0.4 is 9.47 Å². The summed E-state index contributed by atoms with van der Waals surface area (Å²) in [4.78, 5) is 0. The first-order chi connectivity index (χ1) is 9.98. The Morgan fingerprint density at radius 1 is 0.905 bits per heavy atom. The molecule has 0 N–H and O–H groups in total. The van der Waals surface area contributed by atoms with Crippen LogP contribution in [0.2, 0.25) is 0 Å². The Hall–Kier alpha value is -2.03. The van der Waals surface area contributed by atoms with Crippen LogP contribution in [-0.2, 0) is 6.61 Å². The van der Waals surface area contributed by atoms with Crippen molar-refractivity contribution in [1.29, 1.82) is 0 Å². The number of benzene rings is 2. The minimum absolute atomic E-state index is 0.170. The fourth-order valence-corrected chi connectivity index (χ4v) is 1.74. The van der Waals surface area contributed by atoms with Gasteiger partial charge < -0.3 is 9.47 Å². The number of hydrogen-bond acceptors (Lipinski definition) is 2. The predicted octanol–water partition coefficient (Wildman–Crippen LogP) is 4.97. The third-order valence-electron chi connectivity index (χ3n) is 3.39. The van der Waals surface area contributed by atoms with Gasteiger partial charge in [-0.3, -0.25) is 0 Å². The fraction of sp³-hybridized carbons (Fsp3) is 0.333. The van der Waals surface area contributed by atoms with Gasteiger partial charge in [-0.2, -0.15) is 0 Å². The molecule has 2 nitrogen and oxygen atoms in total. The first-order valence-electron chi connectivity index (χ1n) is 7.15. The number of ether oxygens (including phenoxy) is 2. The Morgan fingerprint density at radius 2 is 1.48 bits per heavy atom. The van der Waals surface area contributed by atoms with E-state index in [2.05, 4.69) is 20.8 Å². The van der Waals surface area contributed by atoms with Gasteiger partial charge >= 0.3 is 0 Å². The number of rotatable bonds is 6. The molecule has 0 amide bonds. The number of hydrogen-bond donors (Lipinski definition) is 0. The molecule has 0 radical (unpaired) electrons. The Kier molecular flexibility index (Phi) is 4.84. The van der Waals surface area contributed by atoms with Crippen LogP contribution in [-0.4, -0.2) is 5.60 Å². The Labute approximate surface area is 125 Å². The lowest BCUT2D eigenvalue weighted by Crippen LogP contribution is -2.26. The van der Waals surface area contributed by atoms with E-state index in [0.29, 0.717) is 6.61 Å². The van der Waals surface area contributed by atoms with Crippen molar-refractivity contribution in [1.82, 2.24) is 0 Å². The zero-order valence-electron chi connectivity index (χ0n) is 12.7. The second-order valence-corrected chi connectivity index (χ2v) is 5.60. The third kappa shape index (κ3) is 4.78. The van der Waals surface area contributed by atoms with Crippen LogP contribution in [0.4, 0.5) is 4.39 Å². The van der Waals surface area contributed by atoms with Crippen molar-refractivity contribution in [2.24, 2.45) is 0 Å². The standard InChI is InChI=1S/C18H21FO2/c1-4-18(2,3)21-17-11-9-16(10-12-17)20-13-14-5-7-15(19)8-6-14/h5-12H,4,13H2,1-3H3. The van der Waals surface area contributed by atoms with Crippen LogP contribution in [0.5, 0.6) is 11.5 Å². The van der Waals surface area contributed by atoms with Crippen molar-refractivity contribution in [2.45, 2.75) is 39.4 Å². The SMILES string of the molecule is CCC(C)(C)Oc1ccc(OCc2ccc(F)cc2)cc1. The summed E-state index contributed by atoms with van der Waals surface area (Å²) in [5.41, 5.74) is 0.764. The second-order valence-electron chi connectivity index (χ2n) is 5.60. The van der Waals surface area contributed by atoms with E-state index < -0.39 is 0 Å². The lowest BCUT2D eigenvalue weighted by atomic mass is 10.1. The number of halogens is 1. The molecule has 3 heteroatoms. The summed E-state index contributed by atoms with van der Waals surface area (Å²) in [6, 6.07) is 13.9. The van der Waals surface area contributed by atoms with Crippen LogP contribution in [0.1, 0.15) is 32.8 Å². The van der Waals surface area contributed by atoms with E-state index >= 15 is 0 Å². The molecule has 0 aromatic heterocycles. The van der Waals surface area contributed by atoms with Gasteiger partial charge in [0.25, 0.3) is 0 Å². The molecule has 0 aliphatic carbocycles. The maximum Gasteiger partial charge on any atom is 0.123 e. The molecule has 2 aromatic rings. The van der Waals surface area contributed by atoms with E-state index in [0.717, 1.165) is 23.5 Å². The van der Waals surface area contributed by atoms with Crippen molar-refractivity contribution >= 4 is 0 Å². The predicted molar refractivity (Wildman–Crippen MR) is 82.2 cm³/mol. The molecule has 2 aromatic carbocycles.